The van der Waals surface area contributed by atoms with Crippen molar-refractivity contribution in [3.63, 3.8) is 0 Å². The third kappa shape index (κ3) is 6.79. The Kier molecular flexibility index (Phi) is 8.84. The molecule has 2 heterocycles. The number of ether oxygens (including phenoxy) is 1. The summed E-state index contributed by atoms with van der Waals surface area (Å²) in [5.74, 6) is 0.831. The summed E-state index contributed by atoms with van der Waals surface area (Å²) in [6.07, 6.45) is 6.21. The van der Waals surface area contributed by atoms with Crippen LogP contribution in [0, 0.1) is 5.92 Å². The summed E-state index contributed by atoms with van der Waals surface area (Å²) in [5, 5.41) is 9.29. The monoisotopic (exact) mass is 652 g/mol. The van der Waals surface area contributed by atoms with Gasteiger partial charge in [-0.2, -0.15) is 0 Å². The highest BCUT2D eigenvalue weighted by atomic mass is 79.9. The number of hydrogen-bond acceptors (Lipinski definition) is 5. The fourth-order valence-electron chi connectivity index (χ4n) is 6.87. The molecule has 4 fully saturated rings. The number of piperazine rings is 1. The van der Waals surface area contributed by atoms with Gasteiger partial charge in [-0.3, -0.25) is 9.59 Å². The summed E-state index contributed by atoms with van der Waals surface area (Å²) in [6, 6.07) is 16.5. The fraction of sp³-hybridized carbons (Fsp3) is 0.545. The lowest BCUT2D eigenvalue weighted by Gasteiger charge is -2.39. The van der Waals surface area contributed by atoms with Crippen LogP contribution in [0.1, 0.15) is 56.9 Å². The van der Waals surface area contributed by atoms with Crippen LogP contribution in [0.25, 0.3) is 0 Å². The quantitative estimate of drug-likeness (QED) is 0.412. The lowest BCUT2D eigenvalue weighted by Crippen LogP contribution is -2.57. The molecule has 1 unspecified atom stereocenters. The van der Waals surface area contributed by atoms with Gasteiger partial charge in [0.1, 0.15) is 5.75 Å². The largest absolute Gasteiger partial charge is 0.477 e. The minimum absolute atomic E-state index is 0.0324. The maximum absolute atomic E-state index is 13.8. The highest BCUT2D eigenvalue weighted by molar-refractivity contribution is 9.10. The zero-order chi connectivity index (χ0) is 30.0. The van der Waals surface area contributed by atoms with Crippen LogP contribution in [0.4, 0.5) is 10.5 Å². The van der Waals surface area contributed by atoms with E-state index in [1.807, 2.05) is 30.3 Å². The molecule has 2 aliphatic carbocycles. The fourth-order valence-corrected chi connectivity index (χ4v) is 7.14. The number of piperidine rings is 1. The number of nitrogens with zero attached hydrogens (tertiary/aromatic N) is 4. The first-order chi connectivity index (χ1) is 20.8. The summed E-state index contributed by atoms with van der Waals surface area (Å²) in [4.78, 5) is 46.5. The highest BCUT2D eigenvalue weighted by Gasteiger charge is 2.47. The van der Waals surface area contributed by atoms with Crippen molar-refractivity contribution in [3.8, 4) is 5.75 Å². The van der Waals surface area contributed by atoms with Crippen LogP contribution < -0.4 is 9.64 Å². The van der Waals surface area contributed by atoms with Crippen molar-refractivity contribution in [2.75, 3.05) is 44.2 Å². The average molecular weight is 654 g/mol. The standard InChI is InChI=1S/C33H41BrN4O5/c34-26-10-8-24(9-11-26)22-38(27-12-13-27)30(39)25-5-4-16-37(23-25)28-6-3-7-29(21-28)43-33(14-1-2-15-33)31(40)35-17-19-36(20-18-35)32(41)42/h3,6-11,21,25,27H,1-2,4-5,12-20,22-23H2,(H,41,42). The van der Waals surface area contributed by atoms with Crippen LogP contribution >= 0.6 is 15.9 Å². The molecule has 230 valence electrons. The molecule has 2 aromatic rings. The summed E-state index contributed by atoms with van der Waals surface area (Å²) >= 11 is 3.50. The lowest BCUT2D eigenvalue weighted by molar-refractivity contribution is -0.149. The van der Waals surface area contributed by atoms with Gasteiger partial charge in [0.05, 0.1) is 5.92 Å². The number of carbonyl (C=O) groups is 3. The predicted octanol–water partition coefficient (Wildman–Crippen LogP) is 5.37. The van der Waals surface area contributed by atoms with Gasteiger partial charge in [-0.15, -0.1) is 0 Å². The van der Waals surface area contributed by atoms with Gasteiger partial charge >= 0.3 is 6.09 Å². The molecular weight excluding hydrogens is 612 g/mol. The second-order valence-electron chi connectivity index (χ2n) is 12.5. The molecule has 2 aliphatic heterocycles. The van der Waals surface area contributed by atoms with E-state index < -0.39 is 11.7 Å². The number of halogens is 1. The molecule has 2 saturated heterocycles. The van der Waals surface area contributed by atoms with Crippen molar-refractivity contribution in [2.24, 2.45) is 5.92 Å². The first-order valence-electron chi connectivity index (χ1n) is 15.7. The van der Waals surface area contributed by atoms with Crippen molar-refractivity contribution in [1.29, 1.82) is 0 Å². The normalized spacial score (nSPS) is 21.9. The van der Waals surface area contributed by atoms with Gasteiger partial charge in [0.15, 0.2) is 5.60 Å². The third-order valence-electron chi connectivity index (χ3n) is 9.44. The van der Waals surface area contributed by atoms with E-state index in [1.165, 1.54) is 4.90 Å². The lowest BCUT2D eigenvalue weighted by atomic mass is 9.95. The van der Waals surface area contributed by atoms with Crippen LogP contribution in [-0.2, 0) is 16.1 Å². The molecule has 0 aromatic heterocycles. The summed E-state index contributed by atoms with van der Waals surface area (Å²) in [7, 11) is 0. The highest BCUT2D eigenvalue weighted by Crippen LogP contribution is 2.38. The first kappa shape index (κ1) is 29.8. The van der Waals surface area contributed by atoms with Gasteiger partial charge in [0, 0.05) is 68.1 Å². The Morgan fingerprint density at radius 3 is 2.28 bits per heavy atom. The van der Waals surface area contributed by atoms with E-state index >= 15 is 0 Å². The molecule has 2 saturated carbocycles. The van der Waals surface area contributed by atoms with Gasteiger partial charge in [0.2, 0.25) is 5.91 Å². The summed E-state index contributed by atoms with van der Waals surface area (Å²) in [5.41, 5.74) is 1.25. The van der Waals surface area contributed by atoms with Crippen LogP contribution in [0.2, 0.25) is 0 Å². The SMILES string of the molecule is O=C(O)N1CCN(C(=O)C2(Oc3cccc(N4CCCC(C(=O)N(Cc5ccc(Br)cc5)C5CC5)C4)c3)CCCC2)CC1. The Labute approximate surface area is 261 Å². The molecule has 4 aliphatic rings. The van der Waals surface area contributed by atoms with E-state index in [2.05, 4.69) is 43.9 Å². The van der Waals surface area contributed by atoms with Crippen molar-refractivity contribution in [3.05, 3.63) is 58.6 Å². The summed E-state index contributed by atoms with van der Waals surface area (Å²) in [6.45, 7) is 3.62. The van der Waals surface area contributed by atoms with E-state index in [1.54, 1.807) is 4.90 Å². The predicted molar refractivity (Wildman–Crippen MR) is 167 cm³/mol. The molecule has 0 radical (unpaired) electrons. The van der Waals surface area contributed by atoms with E-state index in [9.17, 15) is 19.5 Å². The maximum Gasteiger partial charge on any atom is 0.407 e. The zero-order valence-electron chi connectivity index (χ0n) is 24.6. The third-order valence-corrected chi connectivity index (χ3v) is 9.97. The summed E-state index contributed by atoms with van der Waals surface area (Å²) < 4.78 is 7.62. The molecule has 0 bridgehead atoms. The molecule has 10 heteroatoms. The van der Waals surface area contributed by atoms with E-state index in [-0.39, 0.29) is 17.7 Å². The molecule has 3 amide bonds. The molecule has 0 spiro atoms. The van der Waals surface area contributed by atoms with Crippen LogP contribution in [0.3, 0.4) is 0 Å². The second kappa shape index (κ2) is 12.8. The Balaban J connectivity index is 1.12. The second-order valence-corrected chi connectivity index (χ2v) is 13.4. The minimum Gasteiger partial charge on any atom is -0.477 e. The number of amides is 3. The van der Waals surface area contributed by atoms with E-state index in [0.717, 1.165) is 60.8 Å². The Hall–Kier alpha value is -3.27. The molecule has 1 atom stereocenters. The van der Waals surface area contributed by atoms with Crippen LogP contribution in [0.5, 0.6) is 5.75 Å². The van der Waals surface area contributed by atoms with Crippen LogP contribution in [0.15, 0.2) is 53.0 Å². The van der Waals surface area contributed by atoms with Crippen LogP contribution in [-0.4, -0.2) is 88.6 Å². The average Bonchev–Trinajstić information content (AvgIpc) is 3.77. The molecular formula is C33H41BrN4O5. The number of carbonyl (C=O) groups excluding carboxylic acids is 2. The van der Waals surface area contributed by atoms with E-state index in [4.69, 9.17) is 4.74 Å². The van der Waals surface area contributed by atoms with E-state index in [0.29, 0.717) is 63.9 Å². The zero-order valence-corrected chi connectivity index (χ0v) is 26.2. The number of carboxylic acid groups (broad SMARTS) is 1. The van der Waals surface area contributed by atoms with Gasteiger partial charge < -0.3 is 29.4 Å². The first-order valence-corrected chi connectivity index (χ1v) is 16.5. The van der Waals surface area contributed by atoms with Gasteiger partial charge in [-0.25, -0.2) is 4.79 Å². The Morgan fingerprint density at radius 2 is 1.60 bits per heavy atom. The van der Waals surface area contributed by atoms with Crippen molar-refractivity contribution in [2.45, 2.75) is 69.6 Å². The van der Waals surface area contributed by atoms with Crippen molar-refractivity contribution < 1.29 is 24.2 Å². The van der Waals surface area contributed by atoms with Gasteiger partial charge in [0.25, 0.3) is 5.91 Å². The minimum atomic E-state index is -0.942. The number of hydrogen-bond donors (Lipinski definition) is 1. The van der Waals surface area contributed by atoms with Crippen molar-refractivity contribution in [1.82, 2.24) is 14.7 Å². The topological polar surface area (TPSA) is 93.6 Å². The molecule has 9 nitrogen and oxygen atoms in total. The molecule has 6 rings (SSSR count). The number of benzene rings is 2. The van der Waals surface area contributed by atoms with Gasteiger partial charge in [-0.05, 0) is 81.2 Å². The number of anilines is 1. The molecule has 1 N–H and O–H groups in total. The Morgan fingerprint density at radius 1 is 0.907 bits per heavy atom. The number of rotatable bonds is 8. The molecule has 43 heavy (non-hydrogen) atoms. The smallest absolute Gasteiger partial charge is 0.407 e. The Bertz CT molecular complexity index is 1320. The van der Waals surface area contributed by atoms with Gasteiger partial charge in [-0.1, -0.05) is 34.1 Å². The molecule has 2 aromatic carbocycles. The van der Waals surface area contributed by atoms with Crippen molar-refractivity contribution >= 4 is 39.5 Å². The maximum atomic E-state index is 13.8.